The second-order valence-corrected chi connectivity index (χ2v) is 5.81. The summed E-state index contributed by atoms with van der Waals surface area (Å²) in [5.41, 5.74) is 0. The van der Waals surface area contributed by atoms with E-state index in [1.54, 1.807) is 0 Å². The Balaban J connectivity index is 4.77. The number of aliphatic hydroxyl groups is 1. The van der Waals surface area contributed by atoms with Gasteiger partial charge in [0.05, 0.1) is 12.4 Å². The lowest BCUT2D eigenvalue weighted by Crippen LogP contribution is -2.28. The molecule has 0 heterocycles. The van der Waals surface area contributed by atoms with Gasteiger partial charge < -0.3 is 14.9 Å². The minimum Gasteiger partial charge on any atom is -0.390 e. The smallest absolute Gasteiger partial charge is 0.358 e. The average Bonchev–Trinajstić information content (AvgIpc) is 1.77. The van der Waals surface area contributed by atoms with E-state index >= 15 is 0 Å². The Morgan fingerprint density at radius 1 is 1.38 bits per heavy atom. The van der Waals surface area contributed by atoms with Crippen LogP contribution >= 0.6 is 7.60 Å². The lowest BCUT2D eigenvalue weighted by molar-refractivity contribution is 0.0831. The van der Waals surface area contributed by atoms with Gasteiger partial charge in [0.15, 0.2) is 0 Å². The lowest BCUT2D eigenvalue weighted by atomic mass is 10.4. The molecular weight excluding hydrogens is 223 g/mol. The van der Waals surface area contributed by atoms with Crippen molar-refractivity contribution in [2.24, 2.45) is 0 Å². The Morgan fingerprint density at radius 2 is 1.77 bits per heavy atom. The zero-order valence-corrected chi connectivity index (χ0v) is 8.70. The predicted molar refractivity (Wildman–Crippen MR) is 43.4 cm³/mol. The SMILES string of the molecule is C[C@H](O)[C@@H](OS(C)(=O)=O)P(=O)(O)O. The van der Waals surface area contributed by atoms with E-state index in [1.807, 2.05) is 0 Å². The summed E-state index contributed by atoms with van der Waals surface area (Å²) in [6.07, 6.45) is -0.937. The van der Waals surface area contributed by atoms with Gasteiger partial charge in [-0.3, -0.25) is 8.75 Å². The van der Waals surface area contributed by atoms with Crippen LogP contribution in [-0.2, 0) is 18.9 Å². The largest absolute Gasteiger partial charge is 0.390 e. The molecule has 13 heavy (non-hydrogen) atoms. The van der Waals surface area contributed by atoms with Crippen molar-refractivity contribution in [2.75, 3.05) is 6.26 Å². The number of aliphatic hydroxyl groups excluding tert-OH is 1. The fraction of sp³-hybridized carbons (Fsp3) is 1.00. The Kier molecular flexibility index (Phi) is 4.04. The summed E-state index contributed by atoms with van der Waals surface area (Å²) < 4.78 is 35.7. The summed E-state index contributed by atoms with van der Waals surface area (Å²) in [4.78, 5) is 17.1. The van der Waals surface area contributed by atoms with Crippen molar-refractivity contribution in [3.63, 3.8) is 0 Å². The van der Waals surface area contributed by atoms with Gasteiger partial charge in [0.2, 0.25) is 5.85 Å². The first-order valence-corrected chi connectivity index (χ1v) is 6.65. The molecule has 0 spiro atoms. The van der Waals surface area contributed by atoms with Crippen molar-refractivity contribution < 1.29 is 32.1 Å². The second-order valence-electron chi connectivity index (χ2n) is 2.52. The fourth-order valence-corrected chi connectivity index (χ4v) is 2.60. The van der Waals surface area contributed by atoms with Gasteiger partial charge in [0, 0.05) is 0 Å². The molecule has 0 aromatic rings. The van der Waals surface area contributed by atoms with Crippen LogP contribution in [0.5, 0.6) is 0 Å². The fourth-order valence-electron chi connectivity index (χ4n) is 0.597. The van der Waals surface area contributed by atoms with Crippen molar-refractivity contribution in [2.45, 2.75) is 18.9 Å². The van der Waals surface area contributed by atoms with Crippen LogP contribution in [0.2, 0.25) is 0 Å². The Labute approximate surface area is 75.6 Å². The maximum atomic E-state index is 10.6. The molecule has 0 unspecified atom stereocenters. The van der Waals surface area contributed by atoms with Crippen LogP contribution in [0.4, 0.5) is 0 Å². The molecule has 7 nitrogen and oxygen atoms in total. The Morgan fingerprint density at radius 3 is 1.85 bits per heavy atom. The summed E-state index contributed by atoms with van der Waals surface area (Å²) in [5, 5.41) is 8.83. The maximum absolute atomic E-state index is 10.6. The monoisotopic (exact) mass is 234 g/mol. The van der Waals surface area contributed by atoms with Crippen LogP contribution in [0, 0.1) is 0 Å². The van der Waals surface area contributed by atoms with Crippen LogP contribution in [0.1, 0.15) is 6.92 Å². The van der Waals surface area contributed by atoms with Crippen molar-refractivity contribution >= 4 is 17.7 Å². The molecule has 0 fully saturated rings. The van der Waals surface area contributed by atoms with Gasteiger partial charge in [-0.25, -0.2) is 0 Å². The van der Waals surface area contributed by atoms with Crippen molar-refractivity contribution in [1.29, 1.82) is 0 Å². The highest BCUT2D eigenvalue weighted by atomic mass is 32.2. The van der Waals surface area contributed by atoms with E-state index < -0.39 is 29.7 Å². The van der Waals surface area contributed by atoms with E-state index in [9.17, 15) is 13.0 Å². The molecule has 0 saturated carbocycles. The molecule has 0 bridgehead atoms. The molecule has 0 aliphatic heterocycles. The normalized spacial score (nSPS) is 18.2. The van der Waals surface area contributed by atoms with E-state index in [2.05, 4.69) is 4.18 Å². The Hall–Kier alpha value is 0.0200. The third kappa shape index (κ3) is 5.35. The van der Waals surface area contributed by atoms with Gasteiger partial charge in [0.25, 0.3) is 10.1 Å². The summed E-state index contributed by atoms with van der Waals surface area (Å²) in [6, 6.07) is 0. The van der Waals surface area contributed by atoms with Gasteiger partial charge in [-0.1, -0.05) is 0 Å². The summed E-state index contributed by atoms with van der Waals surface area (Å²) >= 11 is 0. The first-order chi connectivity index (χ1) is 5.54. The first kappa shape index (κ1) is 13.0. The third-order valence-electron chi connectivity index (χ3n) is 1.02. The van der Waals surface area contributed by atoms with E-state index in [4.69, 9.17) is 14.9 Å². The molecule has 0 radical (unpaired) electrons. The van der Waals surface area contributed by atoms with E-state index in [1.165, 1.54) is 0 Å². The van der Waals surface area contributed by atoms with Crippen molar-refractivity contribution in [3.05, 3.63) is 0 Å². The Bertz CT molecular complexity index is 300. The van der Waals surface area contributed by atoms with Gasteiger partial charge >= 0.3 is 7.60 Å². The zero-order valence-electron chi connectivity index (χ0n) is 6.98. The van der Waals surface area contributed by atoms with Crippen LogP contribution in [0.25, 0.3) is 0 Å². The number of hydrogen-bond acceptors (Lipinski definition) is 5. The number of hydrogen-bond donors (Lipinski definition) is 3. The quantitative estimate of drug-likeness (QED) is 0.414. The van der Waals surface area contributed by atoms with Crippen LogP contribution in [-0.4, -0.2) is 41.5 Å². The van der Waals surface area contributed by atoms with E-state index in [-0.39, 0.29) is 0 Å². The molecule has 3 N–H and O–H groups in total. The zero-order chi connectivity index (χ0) is 10.9. The van der Waals surface area contributed by atoms with Gasteiger partial charge in [-0.2, -0.15) is 8.42 Å². The highest BCUT2D eigenvalue weighted by Gasteiger charge is 2.37. The molecule has 80 valence electrons. The highest BCUT2D eigenvalue weighted by molar-refractivity contribution is 7.86. The molecule has 0 aliphatic rings. The van der Waals surface area contributed by atoms with Crippen molar-refractivity contribution in [3.8, 4) is 0 Å². The predicted octanol–water partition coefficient (Wildman–Crippen LogP) is -1.15. The maximum Gasteiger partial charge on any atom is 0.358 e. The first-order valence-electron chi connectivity index (χ1n) is 3.15. The summed E-state index contributed by atoms with van der Waals surface area (Å²) in [5.74, 6) is -2.04. The van der Waals surface area contributed by atoms with Crippen LogP contribution in [0.3, 0.4) is 0 Å². The molecule has 0 aliphatic carbocycles. The van der Waals surface area contributed by atoms with Crippen LogP contribution in [0.15, 0.2) is 0 Å². The minimum absolute atomic E-state index is 0.637. The number of rotatable bonds is 4. The average molecular weight is 234 g/mol. The molecule has 2 atom stereocenters. The molecule has 0 aromatic heterocycles. The second kappa shape index (κ2) is 4.04. The summed E-state index contributed by atoms with van der Waals surface area (Å²) in [7, 11) is -8.78. The third-order valence-corrected chi connectivity index (χ3v) is 2.92. The van der Waals surface area contributed by atoms with Gasteiger partial charge in [-0.05, 0) is 6.92 Å². The van der Waals surface area contributed by atoms with Gasteiger partial charge in [0.1, 0.15) is 0 Å². The summed E-state index contributed by atoms with van der Waals surface area (Å²) in [6.45, 7) is 1.02. The molecule has 9 heteroatoms. The van der Waals surface area contributed by atoms with E-state index in [0.717, 1.165) is 6.92 Å². The van der Waals surface area contributed by atoms with Gasteiger partial charge in [-0.15, -0.1) is 0 Å². The highest BCUT2D eigenvalue weighted by Crippen LogP contribution is 2.44. The van der Waals surface area contributed by atoms with Crippen LogP contribution < -0.4 is 0 Å². The standard InChI is InChI=1S/C4H11O7PS/c1-3(5)4(12(6,7)8)11-13(2,9)10/h3-5H,1-2H3,(H2,6,7,8)/t3-,4-/m0/s1. The lowest BCUT2D eigenvalue weighted by Gasteiger charge is -2.19. The van der Waals surface area contributed by atoms with E-state index in [0.29, 0.717) is 6.26 Å². The molecule has 0 aromatic carbocycles. The molecule has 0 rings (SSSR count). The van der Waals surface area contributed by atoms with Crippen molar-refractivity contribution in [1.82, 2.24) is 0 Å². The topological polar surface area (TPSA) is 121 Å². The molecular formula is C4H11O7PS. The molecule has 0 amide bonds. The molecule has 0 saturated heterocycles. The minimum atomic E-state index is -4.78.